The number of piperazine rings is 1. The predicted octanol–water partition coefficient (Wildman–Crippen LogP) is 2.91. The molecule has 0 bridgehead atoms. The van der Waals surface area contributed by atoms with Crippen molar-refractivity contribution in [2.24, 2.45) is 0 Å². The molecule has 0 N–H and O–H groups in total. The molecule has 29 heavy (non-hydrogen) atoms. The molecule has 7 heteroatoms. The molecule has 0 unspecified atom stereocenters. The Bertz CT molecular complexity index is 978. The number of aryl methyl sites for hydroxylation is 2. The third kappa shape index (κ3) is 4.62. The van der Waals surface area contributed by atoms with Crippen molar-refractivity contribution in [2.75, 3.05) is 26.2 Å². The van der Waals surface area contributed by atoms with Crippen molar-refractivity contribution in [2.45, 2.75) is 38.7 Å². The molecule has 1 aliphatic rings. The molecule has 1 aliphatic heterocycles. The summed E-state index contributed by atoms with van der Waals surface area (Å²) in [6.07, 6.45) is -0.629. The minimum absolute atomic E-state index is 0.127. The first-order valence-electron chi connectivity index (χ1n) is 9.78. The van der Waals surface area contributed by atoms with Crippen LogP contribution in [0.1, 0.15) is 23.6 Å². The van der Waals surface area contributed by atoms with Gasteiger partial charge in [-0.25, -0.2) is 8.42 Å². The van der Waals surface area contributed by atoms with Gasteiger partial charge in [-0.15, -0.1) is 0 Å². The van der Waals surface area contributed by atoms with Crippen molar-refractivity contribution in [3.8, 4) is 5.75 Å². The van der Waals surface area contributed by atoms with Crippen molar-refractivity contribution in [1.82, 2.24) is 9.21 Å². The fourth-order valence-corrected chi connectivity index (χ4v) is 4.78. The third-order valence-electron chi connectivity index (χ3n) is 5.42. The second kappa shape index (κ2) is 8.55. The summed E-state index contributed by atoms with van der Waals surface area (Å²) in [4.78, 5) is 14.8. The highest BCUT2D eigenvalue weighted by Gasteiger charge is 2.32. The van der Waals surface area contributed by atoms with Crippen molar-refractivity contribution >= 4 is 15.9 Å². The number of carbonyl (C=O) groups is 1. The van der Waals surface area contributed by atoms with Crippen LogP contribution in [0.5, 0.6) is 5.75 Å². The highest BCUT2D eigenvalue weighted by atomic mass is 32.2. The van der Waals surface area contributed by atoms with E-state index in [1.54, 1.807) is 36.1 Å². The van der Waals surface area contributed by atoms with Crippen LogP contribution < -0.4 is 4.74 Å². The van der Waals surface area contributed by atoms with Gasteiger partial charge < -0.3 is 9.64 Å². The van der Waals surface area contributed by atoms with Gasteiger partial charge in [-0.3, -0.25) is 4.79 Å². The average Bonchev–Trinajstić information content (AvgIpc) is 2.71. The molecule has 0 aromatic heterocycles. The summed E-state index contributed by atoms with van der Waals surface area (Å²) in [6.45, 7) is 8.88. The highest BCUT2D eigenvalue weighted by Crippen LogP contribution is 2.23. The Balaban J connectivity index is 1.61. The molecule has 2 aromatic carbocycles. The Morgan fingerprint density at radius 3 is 2.21 bits per heavy atom. The minimum Gasteiger partial charge on any atom is -0.481 e. The van der Waals surface area contributed by atoms with Gasteiger partial charge in [0.1, 0.15) is 5.75 Å². The maximum absolute atomic E-state index is 12.8. The van der Waals surface area contributed by atoms with Crippen LogP contribution >= 0.6 is 0 Å². The number of benzene rings is 2. The fraction of sp³-hybridized carbons (Fsp3) is 0.409. The van der Waals surface area contributed by atoms with Crippen molar-refractivity contribution in [3.05, 3.63) is 59.2 Å². The number of sulfonamides is 1. The van der Waals surface area contributed by atoms with E-state index >= 15 is 0 Å². The molecular formula is C22H28N2O4S. The smallest absolute Gasteiger partial charge is 0.263 e. The molecule has 1 saturated heterocycles. The molecular weight excluding hydrogens is 388 g/mol. The van der Waals surface area contributed by atoms with Crippen LogP contribution in [0.2, 0.25) is 0 Å². The number of nitrogens with zero attached hydrogens (tertiary/aromatic N) is 2. The lowest BCUT2D eigenvalue weighted by Gasteiger charge is -2.35. The van der Waals surface area contributed by atoms with Crippen molar-refractivity contribution in [3.63, 3.8) is 0 Å². The summed E-state index contributed by atoms with van der Waals surface area (Å²) in [7, 11) is -3.54. The number of ether oxygens (including phenoxy) is 1. The predicted molar refractivity (Wildman–Crippen MR) is 113 cm³/mol. The molecule has 156 valence electrons. The SMILES string of the molecule is Cc1ccc(S(=O)(=O)N2CCN(C(=O)[C@@H](C)Oc3cccc(C)c3C)CC2)cc1. The summed E-state index contributed by atoms with van der Waals surface area (Å²) < 4.78 is 33.0. The van der Waals surface area contributed by atoms with Gasteiger partial charge in [-0.2, -0.15) is 4.31 Å². The van der Waals surface area contributed by atoms with Crippen molar-refractivity contribution < 1.29 is 17.9 Å². The summed E-state index contributed by atoms with van der Waals surface area (Å²) in [5, 5.41) is 0. The molecule has 0 saturated carbocycles. The zero-order valence-electron chi connectivity index (χ0n) is 17.4. The Hall–Kier alpha value is -2.38. The second-order valence-corrected chi connectivity index (χ2v) is 9.44. The zero-order valence-corrected chi connectivity index (χ0v) is 18.2. The zero-order chi connectivity index (χ0) is 21.2. The van der Waals surface area contributed by atoms with E-state index in [0.717, 1.165) is 16.7 Å². The largest absolute Gasteiger partial charge is 0.481 e. The Morgan fingerprint density at radius 1 is 0.966 bits per heavy atom. The van der Waals surface area contributed by atoms with Crippen LogP contribution in [0, 0.1) is 20.8 Å². The molecule has 1 atom stereocenters. The molecule has 1 heterocycles. The summed E-state index contributed by atoms with van der Waals surface area (Å²) >= 11 is 0. The van der Waals surface area contributed by atoms with Gasteiger partial charge in [0.2, 0.25) is 10.0 Å². The first-order chi connectivity index (χ1) is 13.7. The minimum atomic E-state index is -3.54. The Kier molecular flexibility index (Phi) is 6.29. The topological polar surface area (TPSA) is 66.9 Å². The lowest BCUT2D eigenvalue weighted by Crippen LogP contribution is -2.53. The number of amides is 1. The quantitative estimate of drug-likeness (QED) is 0.752. The van der Waals surface area contributed by atoms with Crippen LogP contribution in [-0.4, -0.2) is 55.8 Å². The second-order valence-electron chi connectivity index (χ2n) is 7.50. The number of carbonyl (C=O) groups excluding carboxylic acids is 1. The van der Waals surface area contributed by atoms with E-state index in [-0.39, 0.29) is 23.9 Å². The Morgan fingerprint density at radius 2 is 1.59 bits per heavy atom. The molecule has 3 rings (SSSR count). The summed E-state index contributed by atoms with van der Waals surface area (Å²) in [6, 6.07) is 12.6. The fourth-order valence-electron chi connectivity index (χ4n) is 3.36. The van der Waals surface area contributed by atoms with Gasteiger partial charge in [0.25, 0.3) is 5.91 Å². The maximum atomic E-state index is 12.8. The lowest BCUT2D eigenvalue weighted by molar-refractivity contribution is -0.139. The molecule has 0 aliphatic carbocycles. The van der Waals surface area contributed by atoms with Gasteiger partial charge in [0.05, 0.1) is 4.90 Å². The van der Waals surface area contributed by atoms with Gasteiger partial charge in [-0.05, 0) is 57.0 Å². The molecule has 1 fully saturated rings. The molecule has 0 radical (unpaired) electrons. The molecule has 6 nitrogen and oxygen atoms in total. The Labute approximate surface area is 173 Å². The highest BCUT2D eigenvalue weighted by molar-refractivity contribution is 7.89. The molecule has 0 spiro atoms. The third-order valence-corrected chi connectivity index (χ3v) is 7.33. The number of hydrogen-bond donors (Lipinski definition) is 0. The van der Waals surface area contributed by atoms with Crippen LogP contribution in [0.3, 0.4) is 0 Å². The number of hydrogen-bond acceptors (Lipinski definition) is 4. The van der Waals surface area contributed by atoms with Gasteiger partial charge in [0, 0.05) is 26.2 Å². The van der Waals surface area contributed by atoms with Crippen LogP contribution in [0.4, 0.5) is 0 Å². The normalized spacial score (nSPS) is 16.5. The monoisotopic (exact) mass is 416 g/mol. The standard InChI is InChI=1S/C22H28N2O4S/c1-16-8-10-20(11-9-16)29(26,27)24-14-12-23(13-15-24)22(25)19(4)28-21-7-5-6-17(2)18(21)3/h5-11,19H,12-15H2,1-4H3/t19-/m1/s1. The van der Waals surface area contributed by atoms with E-state index in [0.29, 0.717) is 18.8 Å². The van der Waals surface area contributed by atoms with E-state index in [4.69, 9.17) is 4.74 Å². The first-order valence-corrected chi connectivity index (χ1v) is 11.2. The summed E-state index contributed by atoms with van der Waals surface area (Å²) in [5.41, 5.74) is 3.13. The van der Waals surface area contributed by atoms with E-state index in [2.05, 4.69) is 0 Å². The van der Waals surface area contributed by atoms with E-state index < -0.39 is 16.1 Å². The van der Waals surface area contributed by atoms with Crippen molar-refractivity contribution in [1.29, 1.82) is 0 Å². The average molecular weight is 417 g/mol. The summed E-state index contributed by atoms with van der Waals surface area (Å²) in [5.74, 6) is 0.574. The molecule has 2 aromatic rings. The van der Waals surface area contributed by atoms with Gasteiger partial charge in [-0.1, -0.05) is 29.8 Å². The lowest BCUT2D eigenvalue weighted by atomic mass is 10.1. The van der Waals surface area contributed by atoms with E-state index in [1.165, 1.54) is 4.31 Å². The van der Waals surface area contributed by atoms with Gasteiger partial charge in [0.15, 0.2) is 6.10 Å². The number of rotatable bonds is 5. The molecule has 1 amide bonds. The van der Waals surface area contributed by atoms with E-state index in [1.807, 2.05) is 39.0 Å². The van der Waals surface area contributed by atoms with Crippen LogP contribution in [-0.2, 0) is 14.8 Å². The van der Waals surface area contributed by atoms with E-state index in [9.17, 15) is 13.2 Å². The first kappa shape index (κ1) is 21.3. The van der Waals surface area contributed by atoms with Crippen LogP contribution in [0.15, 0.2) is 47.4 Å². The van der Waals surface area contributed by atoms with Gasteiger partial charge >= 0.3 is 0 Å². The maximum Gasteiger partial charge on any atom is 0.263 e. The van der Waals surface area contributed by atoms with Crippen LogP contribution in [0.25, 0.3) is 0 Å².